The molecule has 0 radical (unpaired) electrons. The van der Waals surface area contributed by atoms with Gasteiger partial charge >= 0.3 is 0 Å². The molecule has 3 heteroatoms. The molecule has 1 amide bonds. The summed E-state index contributed by atoms with van der Waals surface area (Å²) in [6.45, 7) is 4.03. The fourth-order valence-electron chi connectivity index (χ4n) is 2.61. The van der Waals surface area contributed by atoms with Gasteiger partial charge in [0, 0.05) is 16.3 Å². The summed E-state index contributed by atoms with van der Waals surface area (Å²) in [5, 5.41) is -0.192. The highest BCUT2D eigenvalue weighted by Gasteiger charge is 2.24. The van der Waals surface area contributed by atoms with Gasteiger partial charge in [0.25, 0.3) is 0 Å². The Labute approximate surface area is 153 Å². The van der Waals surface area contributed by atoms with Gasteiger partial charge in [-0.05, 0) is 50.2 Å². The smallest absolute Gasteiger partial charge is 0.244 e. The third-order valence-corrected chi connectivity index (χ3v) is 5.03. The number of amides is 1. The van der Waals surface area contributed by atoms with Crippen LogP contribution in [0.3, 0.4) is 0 Å². The second kappa shape index (κ2) is 8.04. The van der Waals surface area contributed by atoms with Crippen molar-refractivity contribution in [3.8, 4) is 0 Å². The highest BCUT2D eigenvalue weighted by atomic mass is 32.2. The number of nitrogens with zero attached hydrogens (tertiary/aromatic N) is 1. The maximum absolute atomic E-state index is 13.2. The van der Waals surface area contributed by atoms with Gasteiger partial charge in [0.15, 0.2) is 0 Å². The molecule has 0 N–H and O–H groups in total. The van der Waals surface area contributed by atoms with Crippen molar-refractivity contribution in [3.05, 3.63) is 90.5 Å². The maximum atomic E-state index is 13.2. The molecule has 0 spiro atoms. The second-order valence-corrected chi connectivity index (χ2v) is 7.33. The highest BCUT2D eigenvalue weighted by molar-refractivity contribution is 8.00. The molecule has 1 atom stereocenters. The minimum atomic E-state index is -0.192. The van der Waals surface area contributed by atoms with E-state index in [4.69, 9.17) is 0 Å². The number of para-hydroxylation sites is 2. The van der Waals surface area contributed by atoms with Gasteiger partial charge in [-0.1, -0.05) is 54.1 Å². The number of thioether (sulfide) groups is 1. The molecule has 3 rings (SSSR count). The molecule has 0 bridgehead atoms. The minimum absolute atomic E-state index is 0.0722. The fourth-order valence-corrected chi connectivity index (χ4v) is 3.52. The van der Waals surface area contributed by atoms with E-state index >= 15 is 0 Å². The third kappa shape index (κ3) is 4.31. The Hall–Kier alpha value is -2.52. The van der Waals surface area contributed by atoms with Gasteiger partial charge in [-0.25, -0.2) is 0 Å². The van der Waals surface area contributed by atoms with Crippen molar-refractivity contribution >= 4 is 29.0 Å². The summed E-state index contributed by atoms with van der Waals surface area (Å²) in [6, 6.07) is 27.9. The van der Waals surface area contributed by atoms with Crippen LogP contribution in [-0.4, -0.2) is 11.2 Å². The van der Waals surface area contributed by atoms with Crippen LogP contribution in [0.15, 0.2) is 89.8 Å². The third-order valence-electron chi connectivity index (χ3n) is 3.93. The summed E-state index contributed by atoms with van der Waals surface area (Å²) in [5.74, 6) is 0.0722. The number of carbonyl (C=O) groups is 1. The first-order chi connectivity index (χ1) is 12.1. The SMILES string of the molecule is Cc1ccc(SC(C)C(=O)N(c2ccccc2)c2ccccc2)cc1. The largest absolute Gasteiger partial charge is 0.280 e. The predicted molar refractivity (Wildman–Crippen MR) is 107 cm³/mol. The van der Waals surface area contributed by atoms with Crippen molar-refractivity contribution in [1.82, 2.24) is 0 Å². The summed E-state index contributed by atoms with van der Waals surface area (Å²) in [5.41, 5.74) is 2.99. The number of aryl methyl sites for hydroxylation is 1. The van der Waals surface area contributed by atoms with E-state index in [0.29, 0.717) is 0 Å². The molecule has 1 unspecified atom stereocenters. The Balaban J connectivity index is 1.87. The maximum Gasteiger partial charge on any atom is 0.244 e. The molecule has 0 saturated heterocycles. The van der Waals surface area contributed by atoms with Gasteiger partial charge in [0.2, 0.25) is 5.91 Å². The molecule has 25 heavy (non-hydrogen) atoms. The van der Waals surface area contributed by atoms with E-state index in [1.54, 1.807) is 16.7 Å². The molecule has 0 aliphatic carbocycles. The van der Waals surface area contributed by atoms with Crippen molar-refractivity contribution in [2.75, 3.05) is 4.90 Å². The van der Waals surface area contributed by atoms with Gasteiger partial charge in [-0.15, -0.1) is 11.8 Å². The van der Waals surface area contributed by atoms with Crippen LogP contribution in [-0.2, 0) is 4.79 Å². The molecule has 126 valence electrons. The Morgan fingerprint density at radius 3 is 1.76 bits per heavy atom. The summed E-state index contributed by atoms with van der Waals surface area (Å²) in [7, 11) is 0. The van der Waals surface area contributed by atoms with Crippen molar-refractivity contribution < 1.29 is 4.79 Å². The topological polar surface area (TPSA) is 20.3 Å². The molecule has 0 heterocycles. The molecule has 3 aromatic carbocycles. The summed E-state index contributed by atoms with van der Waals surface area (Å²) in [4.78, 5) is 16.1. The second-order valence-electron chi connectivity index (χ2n) is 5.92. The number of carbonyl (C=O) groups excluding carboxylic acids is 1. The molecular weight excluding hydrogens is 326 g/mol. The lowest BCUT2D eigenvalue weighted by atomic mass is 10.2. The van der Waals surface area contributed by atoms with Gasteiger partial charge in [0.1, 0.15) is 0 Å². The fraction of sp³-hybridized carbons (Fsp3) is 0.136. The average molecular weight is 347 g/mol. The van der Waals surface area contributed by atoms with Gasteiger partial charge < -0.3 is 0 Å². The Kier molecular flexibility index (Phi) is 5.56. The van der Waals surface area contributed by atoms with Crippen LogP contribution < -0.4 is 4.90 Å². The van der Waals surface area contributed by atoms with E-state index in [0.717, 1.165) is 16.3 Å². The molecule has 0 aliphatic rings. The van der Waals surface area contributed by atoms with Gasteiger partial charge in [-0.2, -0.15) is 0 Å². The van der Waals surface area contributed by atoms with E-state index in [1.807, 2.05) is 67.6 Å². The normalized spacial score (nSPS) is 11.8. The molecule has 0 aromatic heterocycles. The summed E-state index contributed by atoms with van der Waals surface area (Å²) >= 11 is 1.59. The van der Waals surface area contributed by atoms with E-state index in [1.165, 1.54) is 5.56 Å². The molecule has 0 fully saturated rings. The molecule has 3 aromatic rings. The van der Waals surface area contributed by atoms with Crippen molar-refractivity contribution in [2.24, 2.45) is 0 Å². The van der Waals surface area contributed by atoms with Crippen molar-refractivity contribution in [1.29, 1.82) is 0 Å². The quantitative estimate of drug-likeness (QED) is 0.540. The van der Waals surface area contributed by atoms with E-state index in [2.05, 4.69) is 31.2 Å². The Bertz CT molecular complexity index is 776. The van der Waals surface area contributed by atoms with Crippen LogP contribution in [0.2, 0.25) is 0 Å². The minimum Gasteiger partial charge on any atom is -0.280 e. The van der Waals surface area contributed by atoms with E-state index in [9.17, 15) is 4.79 Å². The Morgan fingerprint density at radius 1 is 0.800 bits per heavy atom. The van der Waals surface area contributed by atoms with Crippen LogP contribution in [0.5, 0.6) is 0 Å². The number of rotatable bonds is 5. The van der Waals surface area contributed by atoms with Crippen molar-refractivity contribution in [2.45, 2.75) is 24.0 Å². The first-order valence-corrected chi connectivity index (χ1v) is 9.20. The lowest BCUT2D eigenvalue weighted by Gasteiger charge is -2.26. The van der Waals surface area contributed by atoms with Gasteiger partial charge in [-0.3, -0.25) is 9.69 Å². The number of hydrogen-bond acceptors (Lipinski definition) is 2. The molecular formula is C22H21NOS. The predicted octanol–water partition coefficient (Wildman–Crippen LogP) is 5.84. The van der Waals surface area contributed by atoms with Crippen LogP contribution in [0, 0.1) is 6.92 Å². The van der Waals surface area contributed by atoms with Crippen molar-refractivity contribution in [3.63, 3.8) is 0 Å². The Morgan fingerprint density at radius 2 is 1.28 bits per heavy atom. The molecule has 0 aliphatic heterocycles. The molecule has 2 nitrogen and oxygen atoms in total. The first kappa shape index (κ1) is 17.3. The number of benzene rings is 3. The monoisotopic (exact) mass is 347 g/mol. The summed E-state index contributed by atoms with van der Waals surface area (Å²) < 4.78 is 0. The lowest BCUT2D eigenvalue weighted by Crippen LogP contribution is -2.32. The zero-order valence-corrected chi connectivity index (χ0v) is 15.2. The van der Waals surface area contributed by atoms with Crippen LogP contribution in [0.25, 0.3) is 0 Å². The van der Waals surface area contributed by atoms with E-state index < -0.39 is 0 Å². The molecule has 0 saturated carbocycles. The standard InChI is InChI=1S/C22H21NOS/c1-17-13-15-21(16-14-17)25-18(2)22(24)23(19-9-5-3-6-10-19)20-11-7-4-8-12-20/h3-16,18H,1-2H3. The lowest BCUT2D eigenvalue weighted by molar-refractivity contribution is -0.117. The van der Waals surface area contributed by atoms with Gasteiger partial charge in [0.05, 0.1) is 5.25 Å². The summed E-state index contributed by atoms with van der Waals surface area (Å²) in [6.07, 6.45) is 0. The first-order valence-electron chi connectivity index (χ1n) is 8.32. The van der Waals surface area contributed by atoms with Crippen LogP contribution in [0.1, 0.15) is 12.5 Å². The zero-order valence-electron chi connectivity index (χ0n) is 14.4. The number of anilines is 2. The number of hydrogen-bond donors (Lipinski definition) is 0. The van der Waals surface area contributed by atoms with E-state index in [-0.39, 0.29) is 11.2 Å². The average Bonchev–Trinajstić information content (AvgIpc) is 2.65. The van der Waals surface area contributed by atoms with Crippen LogP contribution in [0.4, 0.5) is 11.4 Å². The zero-order chi connectivity index (χ0) is 17.6. The van der Waals surface area contributed by atoms with Crippen LogP contribution >= 0.6 is 11.8 Å². The highest BCUT2D eigenvalue weighted by Crippen LogP contribution is 2.31.